The Morgan fingerprint density at radius 3 is 2.52 bits per heavy atom. The van der Waals surface area contributed by atoms with Crippen molar-refractivity contribution in [2.45, 2.75) is 37.3 Å². The van der Waals surface area contributed by atoms with Crippen molar-refractivity contribution >= 4 is 39.9 Å². The molecule has 1 heterocycles. The lowest BCUT2D eigenvalue weighted by atomic mass is 9.93. The highest BCUT2D eigenvalue weighted by Gasteiger charge is 2.32. The van der Waals surface area contributed by atoms with E-state index in [0.717, 1.165) is 11.3 Å². The molecule has 0 saturated heterocycles. The SMILES string of the molecule is CCOC(=O)C[S@](=O)c1sc(C(=O)OCC)c2c1C(=O)CCC2. The zero-order chi connectivity index (χ0) is 17.0. The summed E-state index contributed by atoms with van der Waals surface area (Å²) < 4.78 is 22.5. The van der Waals surface area contributed by atoms with Crippen LogP contribution in [0.4, 0.5) is 0 Å². The lowest BCUT2D eigenvalue weighted by molar-refractivity contribution is -0.139. The van der Waals surface area contributed by atoms with Gasteiger partial charge < -0.3 is 9.47 Å². The van der Waals surface area contributed by atoms with Crippen molar-refractivity contribution in [3.8, 4) is 0 Å². The summed E-state index contributed by atoms with van der Waals surface area (Å²) in [7, 11) is -1.71. The van der Waals surface area contributed by atoms with Crippen molar-refractivity contribution in [3.63, 3.8) is 0 Å². The molecule has 6 nitrogen and oxygen atoms in total. The van der Waals surface area contributed by atoms with Gasteiger partial charge in [-0.1, -0.05) is 0 Å². The first-order valence-electron chi connectivity index (χ1n) is 7.39. The van der Waals surface area contributed by atoms with E-state index in [-0.39, 0.29) is 29.0 Å². The van der Waals surface area contributed by atoms with Crippen LogP contribution in [0, 0.1) is 0 Å². The molecule has 126 valence electrons. The minimum atomic E-state index is -1.71. The number of hydrogen-bond acceptors (Lipinski definition) is 7. The topological polar surface area (TPSA) is 86.7 Å². The van der Waals surface area contributed by atoms with E-state index in [0.29, 0.717) is 35.3 Å². The van der Waals surface area contributed by atoms with E-state index in [9.17, 15) is 18.6 Å². The zero-order valence-electron chi connectivity index (χ0n) is 13.0. The van der Waals surface area contributed by atoms with E-state index < -0.39 is 22.7 Å². The van der Waals surface area contributed by atoms with Crippen molar-refractivity contribution in [2.24, 2.45) is 0 Å². The molecule has 0 unspecified atom stereocenters. The molecular weight excluding hydrogens is 340 g/mol. The molecule has 1 aromatic heterocycles. The second-order valence-electron chi connectivity index (χ2n) is 4.86. The number of ether oxygens (including phenoxy) is 2. The Hall–Kier alpha value is -1.54. The fourth-order valence-electron chi connectivity index (χ4n) is 2.41. The van der Waals surface area contributed by atoms with E-state index in [1.165, 1.54) is 0 Å². The van der Waals surface area contributed by atoms with Crippen LogP contribution in [0.1, 0.15) is 52.3 Å². The highest BCUT2D eigenvalue weighted by atomic mass is 32.2. The molecule has 0 saturated carbocycles. The van der Waals surface area contributed by atoms with E-state index in [4.69, 9.17) is 9.47 Å². The average Bonchev–Trinajstić information content (AvgIpc) is 2.89. The van der Waals surface area contributed by atoms with Crippen LogP contribution in [0.15, 0.2) is 4.21 Å². The minimum Gasteiger partial charge on any atom is -0.465 e. The van der Waals surface area contributed by atoms with Crippen molar-refractivity contribution < 1.29 is 28.1 Å². The first kappa shape index (κ1) is 17.8. The summed E-state index contributed by atoms with van der Waals surface area (Å²) in [4.78, 5) is 36.1. The van der Waals surface area contributed by atoms with Gasteiger partial charge in [0.1, 0.15) is 14.8 Å². The molecule has 0 bridgehead atoms. The number of carbonyl (C=O) groups excluding carboxylic acids is 3. The Balaban J connectivity index is 2.39. The summed E-state index contributed by atoms with van der Waals surface area (Å²) in [6.07, 6.45) is 1.58. The van der Waals surface area contributed by atoms with Gasteiger partial charge in [0.2, 0.25) is 0 Å². The normalized spacial score (nSPS) is 15.0. The number of thiophene rings is 1. The standard InChI is InChI=1S/C15H18O6S2/c1-3-20-11(17)8-23(19)15-12-9(6-5-7-10(12)16)13(22-15)14(18)21-4-2/h3-8H2,1-2H3/t23-/m0/s1. The van der Waals surface area contributed by atoms with Gasteiger partial charge >= 0.3 is 11.9 Å². The lowest BCUT2D eigenvalue weighted by Gasteiger charge is -2.12. The second kappa shape index (κ2) is 7.83. The molecule has 0 fully saturated rings. The minimum absolute atomic E-state index is 0.134. The molecule has 8 heteroatoms. The van der Waals surface area contributed by atoms with Crippen molar-refractivity contribution in [2.75, 3.05) is 19.0 Å². The zero-order valence-corrected chi connectivity index (χ0v) is 14.6. The third kappa shape index (κ3) is 3.87. The quantitative estimate of drug-likeness (QED) is 0.724. The third-order valence-corrected chi connectivity index (χ3v) is 6.24. The number of fused-ring (bicyclic) bond motifs is 1. The van der Waals surface area contributed by atoms with Crippen LogP contribution >= 0.6 is 11.3 Å². The fraction of sp³-hybridized carbons (Fsp3) is 0.533. The molecule has 1 atom stereocenters. The number of esters is 2. The molecule has 1 aromatic rings. The van der Waals surface area contributed by atoms with E-state index >= 15 is 0 Å². The molecule has 0 aromatic carbocycles. The van der Waals surface area contributed by atoms with Crippen LogP contribution in [-0.2, 0) is 31.5 Å². The number of rotatable bonds is 6. The largest absolute Gasteiger partial charge is 0.465 e. The summed E-state index contributed by atoms with van der Waals surface area (Å²) in [5, 5.41) is 0. The van der Waals surface area contributed by atoms with Crippen LogP contribution in [0.25, 0.3) is 0 Å². The van der Waals surface area contributed by atoms with Crippen molar-refractivity contribution in [1.29, 1.82) is 0 Å². The molecule has 0 amide bonds. The van der Waals surface area contributed by atoms with Crippen LogP contribution in [-0.4, -0.2) is 40.9 Å². The maximum Gasteiger partial charge on any atom is 0.348 e. The van der Waals surface area contributed by atoms with Crippen molar-refractivity contribution in [3.05, 3.63) is 16.0 Å². The molecular formula is C15H18O6S2. The van der Waals surface area contributed by atoms with Crippen LogP contribution in [0.5, 0.6) is 0 Å². The molecule has 0 spiro atoms. The van der Waals surface area contributed by atoms with Crippen LogP contribution in [0.3, 0.4) is 0 Å². The van der Waals surface area contributed by atoms with Gasteiger partial charge in [-0.05, 0) is 32.3 Å². The predicted octanol–water partition coefficient (Wildman–Crippen LogP) is 2.11. The smallest absolute Gasteiger partial charge is 0.348 e. The summed E-state index contributed by atoms with van der Waals surface area (Å²) in [6, 6.07) is 0. The predicted molar refractivity (Wildman–Crippen MR) is 85.5 cm³/mol. The Morgan fingerprint density at radius 1 is 1.17 bits per heavy atom. The number of Topliss-reactive ketones (excluding diaryl/α,β-unsaturated/α-hetero) is 1. The lowest BCUT2D eigenvalue weighted by Crippen LogP contribution is -2.17. The van der Waals surface area contributed by atoms with Crippen LogP contribution < -0.4 is 0 Å². The monoisotopic (exact) mass is 358 g/mol. The molecule has 0 radical (unpaired) electrons. The number of hydrogen-bond donors (Lipinski definition) is 0. The second-order valence-corrected chi connectivity index (χ2v) is 7.53. The van der Waals surface area contributed by atoms with Gasteiger partial charge in [0.05, 0.1) is 24.0 Å². The molecule has 1 aliphatic carbocycles. The first-order chi connectivity index (χ1) is 11.0. The number of carbonyl (C=O) groups is 3. The average molecular weight is 358 g/mol. The van der Waals surface area contributed by atoms with E-state index in [2.05, 4.69) is 0 Å². The van der Waals surface area contributed by atoms with Gasteiger partial charge in [0, 0.05) is 12.0 Å². The van der Waals surface area contributed by atoms with Crippen molar-refractivity contribution in [1.82, 2.24) is 0 Å². The summed E-state index contributed by atoms with van der Waals surface area (Å²) in [5.41, 5.74) is 0.948. The maximum atomic E-state index is 12.5. The van der Waals surface area contributed by atoms with Gasteiger partial charge in [-0.15, -0.1) is 11.3 Å². The van der Waals surface area contributed by atoms with Gasteiger partial charge in [0.25, 0.3) is 0 Å². The highest BCUT2D eigenvalue weighted by Crippen LogP contribution is 2.37. The Kier molecular flexibility index (Phi) is 6.06. The Labute approximate surface area is 140 Å². The van der Waals surface area contributed by atoms with Gasteiger partial charge in [0.15, 0.2) is 5.78 Å². The summed E-state index contributed by atoms with van der Waals surface area (Å²) in [5.74, 6) is -1.56. The molecule has 2 rings (SSSR count). The molecule has 23 heavy (non-hydrogen) atoms. The summed E-state index contributed by atoms with van der Waals surface area (Å²) in [6.45, 7) is 3.78. The van der Waals surface area contributed by atoms with Gasteiger partial charge in [-0.25, -0.2) is 4.79 Å². The van der Waals surface area contributed by atoms with E-state index in [1.807, 2.05) is 0 Å². The maximum absolute atomic E-state index is 12.5. The van der Waals surface area contributed by atoms with Gasteiger partial charge in [-0.2, -0.15) is 0 Å². The third-order valence-electron chi connectivity index (χ3n) is 3.31. The molecule has 0 N–H and O–H groups in total. The Morgan fingerprint density at radius 2 is 1.87 bits per heavy atom. The first-order valence-corrected chi connectivity index (χ1v) is 9.53. The fourth-order valence-corrected chi connectivity index (χ4v) is 5.10. The highest BCUT2D eigenvalue weighted by molar-refractivity contribution is 7.88. The Bertz CT molecular complexity index is 661. The van der Waals surface area contributed by atoms with E-state index in [1.54, 1.807) is 13.8 Å². The number of ketones is 1. The van der Waals surface area contributed by atoms with Crippen LogP contribution in [0.2, 0.25) is 0 Å². The molecule has 0 aliphatic heterocycles. The molecule has 1 aliphatic rings. The summed E-state index contributed by atoms with van der Waals surface area (Å²) >= 11 is 0.992. The van der Waals surface area contributed by atoms with Gasteiger partial charge in [-0.3, -0.25) is 13.8 Å².